The van der Waals surface area contributed by atoms with Crippen molar-refractivity contribution in [3.8, 4) is 0 Å². The number of nitrogens with zero attached hydrogens (tertiary/aromatic N) is 1. The lowest BCUT2D eigenvalue weighted by Crippen LogP contribution is -2.26. The molecule has 0 saturated carbocycles. The molecule has 2 aromatic carbocycles. The molecule has 0 unspecified atom stereocenters. The molecule has 0 aliphatic carbocycles. The van der Waals surface area contributed by atoms with Gasteiger partial charge in [-0.1, -0.05) is 48.5 Å². The molecule has 0 atom stereocenters. The summed E-state index contributed by atoms with van der Waals surface area (Å²) in [6.45, 7) is 1.24. The van der Waals surface area contributed by atoms with Crippen molar-refractivity contribution in [1.29, 1.82) is 0 Å². The van der Waals surface area contributed by atoms with Gasteiger partial charge < -0.3 is 4.57 Å². The molecule has 23 heavy (non-hydrogen) atoms. The van der Waals surface area contributed by atoms with Gasteiger partial charge in [0.05, 0.1) is 5.75 Å². The molecule has 120 valence electrons. The summed E-state index contributed by atoms with van der Waals surface area (Å²) < 4.78 is 28.9. The van der Waals surface area contributed by atoms with Crippen LogP contribution in [0.25, 0.3) is 10.9 Å². The Kier molecular flexibility index (Phi) is 4.79. The van der Waals surface area contributed by atoms with Crippen LogP contribution in [0.1, 0.15) is 12.0 Å². The van der Waals surface area contributed by atoms with Gasteiger partial charge in [-0.2, -0.15) is 0 Å². The molecule has 1 heterocycles. The highest BCUT2D eigenvalue weighted by molar-refractivity contribution is 7.88. The van der Waals surface area contributed by atoms with Gasteiger partial charge in [0, 0.05) is 24.8 Å². The fourth-order valence-corrected chi connectivity index (χ4v) is 3.85. The number of aromatic nitrogens is 1. The third kappa shape index (κ3) is 4.21. The first-order chi connectivity index (χ1) is 11.1. The highest BCUT2D eigenvalue weighted by Gasteiger charge is 2.10. The highest BCUT2D eigenvalue weighted by atomic mass is 32.2. The van der Waals surface area contributed by atoms with Crippen molar-refractivity contribution in [2.45, 2.75) is 18.7 Å². The van der Waals surface area contributed by atoms with Crippen LogP contribution in [-0.4, -0.2) is 19.5 Å². The Bertz CT molecular complexity index is 870. The van der Waals surface area contributed by atoms with E-state index in [0.29, 0.717) is 6.54 Å². The molecule has 0 aliphatic rings. The molecule has 1 aromatic heterocycles. The normalized spacial score (nSPS) is 11.8. The van der Waals surface area contributed by atoms with Crippen LogP contribution in [0.4, 0.5) is 0 Å². The molecule has 0 bridgehead atoms. The van der Waals surface area contributed by atoms with E-state index < -0.39 is 10.0 Å². The second-order valence-corrected chi connectivity index (χ2v) is 7.37. The van der Waals surface area contributed by atoms with Gasteiger partial charge in [-0.25, -0.2) is 13.1 Å². The van der Waals surface area contributed by atoms with Crippen molar-refractivity contribution in [2.24, 2.45) is 0 Å². The molecule has 0 amide bonds. The standard InChI is InChI=1S/C18H20N2O2S/c21-23(22,15-16-7-2-1-3-8-16)19-12-6-13-20-14-11-17-9-4-5-10-18(17)20/h1-5,7-11,14,19H,6,12-13,15H2. The van der Waals surface area contributed by atoms with Gasteiger partial charge in [0.15, 0.2) is 0 Å². The molecule has 0 spiro atoms. The lowest BCUT2D eigenvalue weighted by atomic mass is 10.2. The molecule has 0 radical (unpaired) electrons. The number of sulfonamides is 1. The van der Waals surface area contributed by atoms with Crippen LogP contribution in [0.3, 0.4) is 0 Å². The molecular weight excluding hydrogens is 308 g/mol. The maximum absolute atomic E-state index is 12.1. The van der Waals surface area contributed by atoms with Gasteiger partial charge in [-0.05, 0) is 29.5 Å². The quantitative estimate of drug-likeness (QED) is 0.677. The van der Waals surface area contributed by atoms with Gasteiger partial charge in [0.2, 0.25) is 10.0 Å². The average molecular weight is 328 g/mol. The molecule has 0 fully saturated rings. The summed E-state index contributed by atoms with van der Waals surface area (Å²) in [5.74, 6) is 0.0281. The van der Waals surface area contributed by atoms with Crippen LogP contribution in [0.5, 0.6) is 0 Å². The summed E-state index contributed by atoms with van der Waals surface area (Å²) in [6, 6.07) is 19.5. The molecular formula is C18H20N2O2S. The highest BCUT2D eigenvalue weighted by Crippen LogP contribution is 2.15. The summed E-state index contributed by atoms with van der Waals surface area (Å²) in [5, 5.41) is 1.21. The van der Waals surface area contributed by atoms with Crippen LogP contribution in [0, 0.1) is 0 Å². The average Bonchev–Trinajstić information content (AvgIpc) is 2.95. The van der Waals surface area contributed by atoms with Crippen molar-refractivity contribution >= 4 is 20.9 Å². The maximum Gasteiger partial charge on any atom is 0.215 e. The first kappa shape index (κ1) is 15.8. The first-order valence-corrected chi connectivity index (χ1v) is 9.34. The number of fused-ring (bicyclic) bond motifs is 1. The predicted molar refractivity (Wildman–Crippen MR) is 93.6 cm³/mol. The third-order valence-corrected chi connectivity index (χ3v) is 5.13. The van der Waals surface area contributed by atoms with E-state index in [0.717, 1.165) is 18.5 Å². The molecule has 3 aromatic rings. The zero-order chi connectivity index (χ0) is 16.1. The minimum Gasteiger partial charge on any atom is -0.347 e. The van der Waals surface area contributed by atoms with Crippen molar-refractivity contribution in [1.82, 2.24) is 9.29 Å². The van der Waals surface area contributed by atoms with Crippen molar-refractivity contribution in [3.63, 3.8) is 0 Å². The van der Waals surface area contributed by atoms with Gasteiger partial charge in [-0.3, -0.25) is 0 Å². The van der Waals surface area contributed by atoms with E-state index in [9.17, 15) is 8.42 Å². The fraction of sp³-hybridized carbons (Fsp3) is 0.222. The van der Waals surface area contributed by atoms with Crippen molar-refractivity contribution in [3.05, 3.63) is 72.4 Å². The van der Waals surface area contributed by atoms with Crippen molar-refractivity contribution in [2.75, 3.05) is 6.54 Å². The number of hydrogen-bond acceptors (Lipinski definition) is 2. The van der Waals surface area contributed by atoms with E-state index in [-0.39, 0.29) is 5.75 Å². The Hall–Kier alpha value is -2.11. The maximum atomic E-state index is 12.1. The second kappa shape index (κ2) is 6.98. The monoisotopic (exact) mass is 328 g/mol. The van der Waals surface area contributed by atoms with E-state index in [1.165, 1.54) is 10.9 Å². The van der Waals surface area contributed by atoms with Crippen LogP contribution in [-0.2, 0) is 22.3 Å². The van der Waals surface area contributed by atoms with Gasteiger partial charge >= 0.3 is 0 Å². The van der Waals surface area contributed by atoms with Crippen LogP contribution >= 0.6 is 0 Å². The SMILES string of the molecule is O=S(=O)(Cc1ccccc1)NCCCn1ccc2ccccc21. The van der Waals surface area contributed by atoms with E-state index in [4.69, 9.17) is 0 Å². The van der Waals surface area contributed by atoms with E-state index >= 15 is 0 Å². The zero-order valence-corrected chi connectivity index (χ0v) is 13.7. The Morgan fingerprint density at radius 1 is 0.913 bits per heavy atom. The largest absolute Gasteiger partial charge is 0.347 e. The number of nitrogens with one attached hydrogen (secondary N) is 1. The minimum atomic E-state index is -3.28. The van der Waals surface area contributed by atoms with E-state index in [1.54, 1.807) is 0 Å². The van der Waals surface area contributed by atoms with Crippen LogP contribution in [0.15, 0.2) is 66.9 Å². The smallest absolute Gasteiger partial charge is 0.215 e. The lowest BCUT2D eigenvalue weighted by molar-refractivity contribution is 0.571. The number of para-hydroxylation sites is 1. The van der Waals surface area contributed by atoms with Crippen LogP contribution in [0.2, 0.25) is 0 Å². The Morgan fingerprint density at radius 2 is 1.65 bits per heavy atom. The van der Waals surface area contributed by atoms with Crippen molar-refractivity contribution < 1.29 is 8.42 Å². The summed E-state index contributed by atoms with van der Waals surface area (Å²) in [6.07, 6.45) is 2.80. The Labute approximate surface area is 136 Å². The Balaban J connectivity index is 1.51. The van der Waals surface area contributed by atoms with E-state index in [2.05, 4.69) is 27.5 Å². The van der Waals surface area contributed by atoms with Crippen LogP contribution < -0.4 is 4.72 Å². The summed E-state index contributed by atoms with van der Waals surface area (Å²) in [7, 11) is -3.28. The summed E-state index contributed by atoms with van der Waals surface area (Å²) in [4.78, 5) is 0. The molecule has 4 nitrogen and oxygen atoms in total. The number of hydrogen-bond donors (Lipinski definition) is 1. The molecule has 5 heteroatoms. The summed E-state index contributed by atoms with van der Waals surface area (Å²) >= 11 is 0. The molecule has 0 saturated heterocycles. The summed E-state index contributed by atoms with van der Waals surface area (Å²) in [5.41, 5.74) is 1.98. The third-order valence-electron chi connectivity index (χ3n) is 3.78. The van der Waals surface area contributed by atoms with Gasteiger partial charge in [0.1, 0.15) is 0 Å². The number of benzene rings is 2. The zero-order valence-electron chi connectivity index (χ0n) is 12.9. The first-order valence-electron chi connectivity index (χ1n) is 7.69. The lowest BCUT2D eigenvalue weighted by Gasteiger charge is -2.08. The number of rotatable bonds is 7. The second-order valence-electron chi connectivity index (χ2n) is 5.56. The topological polar surface area (TPSA) is 51.1 Å². The van der Waals surface area contributed by atoms with Gasteiger partial charge in [-0.15, -0.1) is 0 Å². The minimum absolute atomic E-state index is 0.0281. The molecule has 3 rings (SSSR count). The molecule has 1 N–H and O–H groups in total. The fourth-order valence-electron chi connectivity index (χ4n) is 2.66. The predicted octanol–water partition coefficient (Wildman–Crippen LogP) is 3.15. The molecule has 0 aliphatic heterocycles. The van der Waals surface area contributed by atoms with Gasteiger partial charge in [0.25, 0.3) is 0 Å². The Morgan fingerprint density at radius 3 is 2.48 bits per heavy atom. The van der Waals surface area contributed by atoms with E-state index in [1.807, 2.05) is 48.7 Å². The number of aryl methyl sites for hydroxylation is 1.